The Hall–Kier alpha value is -3.96. The van der Waals surface area contributed by atoms with Gasteiger partial charge in [0, 0.05) is 23.1 Å². The first-order valence-electron chi connectivity index (χ1n) is 8.49. The predicted octanol–water partition coefficient (Wildman–Crippen LogP) is 3.06. The van der Waals surface area contributed by atoms with E-state index in [4.69, 9.17) is 11.1 Å². The molecule has 0 bridgehead atoms. The quantitative estimate of drug-likeness (QED) is 0.307. The molecule has 0 unspecified atom stereocenters. The number of amides is 1. The van der Waals surface area contributed by atoms with Crippen molar-refractivity contribution in [1.82, 2.24) is 15.4 Å². The number of nitrogen functional groups attached to an aromatic ring is 1. The van der Waals surface area contributed by atoms with Crippen LogP contribution in [-0.4, -0.2) is 15.9 Å². The zero-order valence-electron chi connectivity index (χ0n) is 15.4. The number of hydrogen-bond donors (Lipinski definition) is 4. The minimum absolute atomic E-state index is 0.339. The summed E-state index contributed by atoms with van der Waals surface area (Å²) in [4.78, 5) is 20.4. The third-order valence-electron chi connectivity index (χ3n) is 4.10. The molecule has 0 aliphatic heterocycles. The molecule has 3 aromatic rings. The fourth-order valence-corrected chi connectivity index (χ4v) is 2.75. The van der Waals surface area contributed by atoms with Gasteiger partial charge in [0.1, 0.15) is 5.82 Å². The number of rotatable bonds is 5. The van der Waals surface area contributed by atoms with Crippen LogP contribution in [0.15, 0.2) is 48.7 Å². The van der Waals surface area contributed by atoms with Crippen molar-refractivity contribution in [2.24, 2.45) is 5.84 Å². The molecular weight excluding hydrogens is 354 g/mol. The van der Waals surface area contributed by atoms with Gasteiger partial charge in [0.25, 0.3) is 5.91 Å². The van der Waals surface area contributed by atoms with Crippen LogP contribution in [0.25, 0.3) is 0 Å². The third-order valence-corrected chi connectivity index (χ3v) is 4.10. The molecule has 0 saturated heterocycles. The van der Waals surface area contributed by atoms with Gasteiger partial charge in [0.15, 0.2) is 0 Å². The zero-order chi connectivity index (χ0) is 20.1. The van der Waals surface area contributed by atoms with Crippen molar-refractivity contribution in [3.05, 3.63) is 70.9 Å². The van der Waals surface area contributed by atoms with E-state index in [9.17, 15) is 4.79 Å². The number of nitrogens with two attached hydrogens (primary N) is 1. The summed E-state index contributed by atoms with van der Waals surface area (Å²) in [6.45, 7) is 3.81. The smallest absolute Gasteiger partial charge is 0.265 e. The predicted molar refractivity (Wildman–Crippen MR) is 107 cm³/mol. The first-order chi connectivity index (χ1) is 13.5. The summed E-state index contributed by atoms with van der Waals surface area (Å²) in [5, 5.41) is 15.2. The van der Waals surface area contributed by atoms with Crippen LogP contribution in [0, 0.1) is 25.2 Å². The van der Waals surface area contributed by atoms with Gasteiger partial charge >= 0.3 is 0 Å². The van der Waals surface area contributed by atoms with Crippen molar-refractivity contribution in [3.8, 4) is 6.07 Å². The second-order valence-electron chi connectivity index (χ2n) is 6.16. The molecule has 28 heavy (non-hydrogen) atoms. The molecule has 5 N–H and O–H groups in total. The summed E-state index contributed by atoms with van der Waals surface area (Å²) in [6, 6.07) is 14.4. The number of hydrazine groups is 1. The van der Waals surface area contributed by atoms with Gasteiger partial charge in [-0.05, 0) is 67.4 Å². The van der Waals surface area contributed by atoms with E-state index in [2.05, 4.69) is 32.1 Å². The molecule has 0 atom stereocenters. The summed E-state index contributed by atoms with van der Waals surface area (Å²) in [6.07, 6.45) is 1.64. The van der Waals surface area contributed by atoms with Crippen molar-refractivity contribution in [2.75, 3.05) is 10.6 Å². The Morgan fingerprint density at radius 2 is 1.75 bits per heavy atom. The van der Waals surface area contributed by atoms with Gasteiger partial charge in [0.05, 0.1) is 11.6 Å². The fraction of sp³-hybridized carbons (Fsp3) is 0.100. The third kappa shape index (κ3) is 4.23. The lowest BCUT2D eigenvalue weighted by Crippen LogP contribution is -2.30. The number of aryl methyl sites for hydroxylation is 2. The SMILES string of the molecule is Cc1cc(C(=O)NN)cc(C)c1Nc1ccnc(Nc2ccc(C#N)cc2)n1. The van der Waals surface area contributed by atoms with Crippen molar-refractivity contribution >= 4 is 29.0 Å². The highest BCUT2D eigenvalue weighted by Crippen LogP contribution is 2.26. The number of nitriles is 1. The maximum Gasteiger partial charge on any atom is 0.265 e. The molecule has 1 heterocycles. The van der Waals surface area contributed by atoms with Gasteiger partial charge in [-0.25, -0.2) is 10.8 Å². The minimum Gasteiger partial charge on any atom is -0.340 e. The van der Waals surface area contributed by atoms with Crippen LogP contribution in [0.3, 0.4) is 0 Å². The van der Waals surface area contributed by atoms with Crippen LogP contribution >= 0.6 is 0 Å². The van der Waals surface area contributed by atoms with Crippen LogP contribution in [0.1, 0.15) is 27.0 Å². The normalized spacial score (nSPS) is 10.1. The minimum atomic E-state index is -0.339. The molecule has 0 aliphatic carbocycles. The Morgan fingerprint density at radius 3 is 2.36 bits per heavy atom. The van der Waals surface area contributed by atoms with E-state index in [1.807, 2.05) is 13.8 Å². The van der Waals surface area contributed by atoms with E-state index in [1.54, 1.807) is 48.7 Å². The molecule has 8 nitrogen and oxygen atoms in total. The highest BCUT2D eigenvalue weighted by molar-refractivity contribution is 5.95. The van der Waals surface area contributed by atoms with Gasteiger partial charge in [-0.1, -0.05) is 0 Å². The molecule has 0 radical (unpaired) electrons. The van der Waals surface area contributed by atoms with Crippen molar-refractivity contribution < 1.29 is 4.79 Å². The average Bonchev–Trinajstić information content (AvgIpc) is 2.71. The number of nitrogens with zero attached hydrogens (tertiary/aromatic N) is 3. The van der Waals surface area contributed by atoms with Crippen molar-refractivity contribution in [1.29, 1.82) is 5.26 Å². The lowest BCUT2D eigenvalue weighted by Gasteiger charge is -2.14. The van der Waals surface area contributed by atoms with Gasteiger partial charge in [-0.15, -0.1) is 0 Å². The summed E-state index contributed by atoms with van der Waals surface area (Å²) >= 11 is 0. The van der Waals surface area contributed by atoms with Gasteiger partial charge < -0.3 is 10.6 Å². The van der Waals surface area contributed by atoms with Crippen LogP contribution in [0.4, 0.5) is 23.1 Å². The average molecular weight is 373 g/mol. The van der Waals surface area contributed by atoms with Gasteiger partial charge in [-0.3, -0.25) is 10.2 Å². The molecule has 8 heteroatoms. The number of aromatic nitrogens is 2. The number of hydrogen-bond acceptors (Lipinski definition) is 7. The van der Waals surface area contributed by atoms with E-state index < -0.39 is 0 Å². The molecule has 140 valence electrons. The van der Waals surface area contributed by atoms with Gasteiger partial charge in [-0.2, -0.15) is 10.2 Å². The molecular formula is C20H19N7O. The van der Waals surface area contributed by atoms with E-state index in [0.717, 1.165) is 22.5 Å². The number of carbonyl (C=O) groups is 1. The molecule has 0 aliphatic rings. The first kappa shape index (κ1) is 18.8. The van der Waals surface area contributed by atoms with Crippen molar-refractivity contribution in [2.45, 2.75) is 13.8 Å². The standard InChI is InChI=1S/C20H19N7O/c1-12-9-15(19(28)27-22)10-13(2)18(12)25-17-7-8-23-20(26-17)24-16-5-3-14(11-21)4-6-16/h3-10H,22H2,1-2H3,(H,27,28)(H2,23,24,25,26). The molecule has 1 aromatic heterocycles. The van der Waals surface area contributed by atoms with Crippen LogP contribution in [0.2, 0.25) is 0 Å². The van der Waals surface area contributed by atoms with Crippen LogP contribution in [-0.2, 0) is 0 Å². The van der Waals surface area contributed by atoms with E-state index in [1.165, 1.54) is 0 Å². The van der Waals surface area contributed by atoms with Gasteiger partial charge in [0.2, 0.25) is 5.95 Å². The Bertz CT molecular complexity index is 1030. The Kier molecular flexibility index (Phi) is 5.48. The topological polar surface area (TPSA) is 129 Å². The largest absolute Gasteiger partial charge is 0.340 e. The number of carbonyl (C=O) groups excluding carboxylic acids is 1. The molecule has 2 aromatic carbocycles. The summed E-state index contributed by atoms with van der Waals surface area (Å²) in [5.74, 6) is 5.89. The lowest BCUT2D eigenvalue weighted by molar-refractivity contribution is 0.0953. The molecule has 1 amide bonds. The summed E-state index contributed by atoms with van der Waals surface area (Å²) in [5.41, 5.74) is 6.63. The Labute approximate surface area is 162 Å². The lowest BCUT2D eigenvalue weighted by atomic mass is 10.0. The highest BCUT2D eigenvalue weighted by Gasteiger charge is 2.11. The molecule has 0 spiro atoms. The van der Waals surface area contributed by atoms with Crippen LogP contribution in [0.5, 0.6) is 0 Å². The highest BCUT2D eigenvalue weighted by atomic mass is 16.2. The van der Waals surface area contributed by atoms with E-state index in [-0.39, 0.29) is 5.91 Å². The summed E-state index contributed by atoms with van der Waals surface area (Å²) < 4.78 is 0. The number of nitrogens with one attached hydrogen (secondary N) is 3. The van der Waals surface area contributed by atoms with E-state index >= 15 is 0 Å². The monoisotopic (exact) mass is 373 g/mol. The van der Waals surface area contributed by atoms with Crippen LogP contribution < -0.4 is 21.9 Å². The maximum atomic E-state index is 11.7. The first-order valence-corrected chi connectivity index (χ1v) is 8.49. The Morgan fingerprint density at radius 1 is 1.07 bits per heavy atom. The molecule has 0 fully saturated rings. The maximum absolute atomic E-state index is 11.7. The number of anilines is 4. The second kappa shape index (κ2) is 8.16. The number of benzene rings is 2. The fourth-order valence-electron chi connectivity index (χ4n) is 2.75. The zero-order valence-corrected chi connectivity index (χ0v) is 15.4. The van der Waals surface area contributed by atoms with E-state index in [0.29, 0.717) is 22.9 Å². The second-order valence-corrected chi connectivity index (χ2v) is 6.16. The Balaban J connectivity index is 1.81. The summed E-state index contributed by atoms with van der Waals surface area (Å²) in [7, 11) is 0. The molecule has 3 rings (SSSR count). The molecule has 0 saturated carbocycles. The van der Waals surface area contributed by atoms with Crippen molar-refractivity contribution in [3.63, 3.8) is 0 Å².